The molecule has 4 aliphatic rings. The van der Waals surface area contributed by atoms with Crippen LogP contribution in [0.4, 0.5) is 4.39 Å². The van der Waals surface area contributed by atoms with E-state index in [1.54, 1.807) is 6.92 Å². The molecule has 0 amide bonds. The van der Waals surface area contributed by atoms with Gasteiger partial charge in [0.15, 0.2) is 29.4 Å². The maximum absolute atomic E-state index is 17.1. The average molecular weight is 476 g/mol. The summed E-state index contributed by atoms with van der Waals surface area (Å²) in [7, 11) is 0. The lowest BCUT2D eigenvalue weighted by Gasteiger charge is -2.59. The molecular formula is C25H29FO8. The molecule has 34 heavy (non-hydrogen) atoms. The second-order valence-corrected chi connectivity index (χ2v) is 10.4. The van der Waals surface area contributed by atoms with E-state index in [0.29, 0.717) is 12.0 Å². The molecule has 184 valence electrons. The van der Waals surface area contributed by atoms with Crippen LogP contribution in [0.2, 0.25) is 0 Å². The average Bonchev–Trinajstić information content (AvgIpc) is 2.95. The lowest BCUT2D eigenvalue weighted by atomic mass is 9.45. The summed E-state index contributed by atoms with van der Waals surface area (Å²) in [4.78, 5) is 61.9. The molecule has 7 atom stereocenters. The van der Waals surface area contributed by atoms with Crippen LogP contribution in [-0.4, -0.2) is 58.4 Å². The number of esters is 2. The lowest BCUT2D eigenvalue weighted by Crippen LogP contribution is -2.68. The van der Waals surface area contributed by atoms with Crippen LogP contribution in [-0.2, 0) is 33.4 Å². The van der Waals surface area contributed by atoms with E-state index in [4.69, 9.17) is 9.47 Å². The number of halogens is 1. The van der Waals surface area contributed by atoms with Crippen molar-refractivity contribution in [3.05, 3.63) is 23.8 Å². The zero-order chi connectivity index (χ0) is 25.3. The fourth-order valence-corrected chi connectivity index (χ4v) is 7.04. The van der Waals surface area contributed by atoms with Crippen LogP contribution in [0.3, 0.4) is 0 Å². The van der Waals surface area contributed by atoms with Gasteiger partial charge in [-0.3, -0.25) is 24.0 Å². The van der Waals surface area contributed by atoms with Gasteiger partial charge in [-0.2, -0.15) is 0 Å². The number of hydrogen-bond donors (Lipinski definition) is 1. The second kappa shape index (κ2) is 7.66. The van der Waals surface area contributed by atoms with Crippen LogP contribution in [0, 0.1) is 22.7 Å². The molecular weight excluding hydrogens is 447 g/mol. The molecule has 0 saturated heterocycles. The molecule has 4 aliphatic carbocycles. The van der Waals surface area contributed by atoms with E-state index in [2.05, 4.69) is 0 Å². The first-order valence-corrected chi connectivity index (χ1v) is 11.4. The summed E-state index contributed by atoms with van der Waals surface area (Å²) in [5, 5.41) is 11.8. The first-order chi connectivity index (χ1) is 15.7. The molecule has 0 aromatic carbocycles. The Hall–Kier alpha value is -2.68. The predicted octanol–water partition coefficient (Wildman–Crippen LogP) is 1.97. The number of ether oxygens (including phenoxy) is 2. The van der Waals surface area contributed by atoms with Crippen molar-refractivity contribution in [2.75, 3.05) is 6.61 Å². The first-order valence-electron chi connectivity index (χ1n) is 11.4. The van der Waals surface area contributed by atoms with E-state index in [9.17, 15) is 29.1 Å². The van der Waals surface area contributed by atoms with Gasteiger partial charge in [-0.25, -0.2) is 4.39 Å². The molecule has 1 N–H and O–H groups in total. The Morgan fingerprint density at radius 2 is 1.82 bits per heavy atom. The van der Waals surface area contributed by atoms with Crippen LogP contribution < -0.4 is 0 Å². The number of aliphatic hydroxyl groups is 1. The lowest BCUT2D eigenvalue weighted by molar-refractivity contribution is -0.197. The van der Waals surface area contributed by atoms with Gasteiger partial charge < -0.3 is 14.6 Å². The highest BCUT2D eigenvalue weighted by atomic mass is 19.1. The van der Waals surface area contributed by atoms with E-state index in [1.165, 1.54) is 25.2 Å². The molecule has 0 radical (unpaired) electrons. The third kappa shape index (κ3) is 3.01. The molecule has 0 heterocycles. The Kier molecular flexibility index (Phi) is 5.51. The second-order valence-electron chi connectivity index (χ2n) is 10.4. The SMILES string of the molecule is CC(=O)OCC(=O)[C@@]1(O)[C@H](OC(C)=O)C[C@H]2[C@@H]3CCC4=CC(=O)C=C[C@]4(C)C3(F)C(=O)C[C@@]21C. The summed E-state index contributed by atoms with van der Waals surface area (Å²) >= 11 is 0. The fraction of sp³-hybridized carbons (Fsp3) is 0.640. The molecule has 0 aromatic heterocycles. The maximum Gasteiger partial charge on any atom is 0.303 e. The fourth-order valence-electron chi connectivity index (χ4n) is 7.04. The minimum absolute atomic E-state index is 0.0280. The van der Waals surface area contributed by atoms with Gasteiger partial charge in [-0.05, 0) is 44.3 Å². The van der Waals surface area contributed by atoms with E-state index < -0.39 is 76.6 Å². The van der Waals surface area contributed by atoms with Gasteiger partial charge in [0.2, 0.25) is 5.78 Å². The molecule has 0 aromatic rings. The van der Waals surface area contributed by atoms with Gasteiger partial charge in [0.05, 0.1) is 0 Å². The van der Waals surface area contributed by atoms with Crippen molar-refractivity contribution in [1.82, 2.24) is 0 Å². The highest BCUT2D eigenvalue weighted by Crippen LogP contribution is 2.69. The molecule has 0 bridgehead atoms. The molecule has 9 heteroatoms. The van der Waals surface area contributed by atoms with Crippen molar-refractivity contribution >= 4 is 29.3 Å². The molecule has 4 rings (SSSR count). The van der Waals surface area contributed by atoms with E-state index >= 15 is 4.39 Å². The third-order valence-corrected chi connectivity index (χ3v) is 8.74. The summed E-state index contributed by atoms with van der Waals surface area (Å²) in [6.45, 7) is 4.62. The number of carbonyl (C=O) groups excluding carboxylic acids is 5. The van der Waals surface area contributed by atoms with Crippen LogP contribution in [0.5, 0.6) is 0 Å². The monoisotopic (exact) mass is 476 g/mol. The Labute approximate surface area is 196 Å². The van der Waals surface area contributed by atoms with E-state index in [0.717, 1.165) is 13.8 Å². The van der Waals surface area contributed by atoms with Crippen molar-refractivity contribution in [3.8, 4) is 0 Å². The van der Waals surface area contributed by atoms with Gasteiger partial charge >= 0.3 is 11.9 Å². The molecule has 8 nitrogen and oxygen atoms in total. The summed E-state index contributed by atoms with van der Waals surface area (Å²) in [5.41, 5.74) is -6.93. The molecule has 0 aliphatic heterocycles. The highest BCUT2D eigenvalue weighted by Gasteiger charge is 2.77. The number of carbonyl (C=O) groups is 5. The topological polar surface area (TPSA) is 124 Å². The quantitative estimate of drug-likeness (QED) is 0.611. The van der Waals surface area contributed by atoms with Gasteiger partial charge in [0, 0.05) is 37.0 Å². The molecule has 1 unspecified atom stereocenters. The number of hydrogen-bond acceptors (Lipinski definition) is 8. The van der Waals surface area contributed by atoms with Crippen LogP contribution in [0.1, 0.15) is 53.4 Å². The Morgan fingerprint density at radius 1 is 1.15 bits per heavy atom. The van der Waals surface area contributed by atoms with Crippen molar-refractivity contribution in [2.24, 2.45) is 22.7 Å². The smallest absolute Gasteiger partial charge is 0.303 e. The molecule has 3 saturated carbocycles. The maximum atomic E-state index is 17.1. The zero-order valence-electron chi connectivity index (χ0n) is 19.7. The number of ketones is 3. The van der Waals surface area contributed by atoms with Crippen LogP contribution in [0.25, 0.3) is 0 Å². The molecule has 0 spiro atoms. The van der Waals surface area contributed by atoms with Crippen LogP contribution >= 0.6 is 0 Å². The zero-order valence-corrected chi connectivity index (χ0v) is 19.7. The number of rotatable bonds is 4. The Balaban J connectivity index is 1.81. The van der Waals surface area contributed by atoms with E-state index in [-0.39, 0.29) is 18.6 Å². The Bertz CT molecular complexity index is 1060. The predicted molar refractivity (Wildman–Crippen MR) is 115 cm³/mol. The number of fused-ring (bicyclic) bond motifs is 5. The van der Waals surface area contributed by atoms with Gasteiger partial charge in [-0.15, -0.1) is 0 Å². The van der Waals surface area contributed by atoms with Gasteiger partial charge in [-0.1, -0.05) is 18.6 Å². The van der Waals surface area contributed by atoms with Crippen molar-refractivity contribution in [1.29, 1.82) is 0 Å². The van der Waals surface area contributed by atoms with E-state index in [1.807, 2.05) is 0 Å². The highest BCUT2D eigenvalue weighted by molar-refractivity contribution is 6.03. The first kappa shape index (κ1) is 24.4. The minimum atomic E-state index is -2.36. The third-order valence-electron chi connectivity index (χ3n) is 8.74. The normalized spacial score (nSPS) is 42.8. The number of Topliss-reactive ketones (excluding diaryl/α,β-unsaturated/α-hetero) is 2. The molecule has 3 fully saturated rings. The van der Waals surface area contributed by atoms with Crippen molar-refractivity contribution in [2.45, 2.75) is 70.8 Å². The summed E-state index contributed by atoms with van der Waals surface area (Å²) in [6, 6.07) is 0. The minimum Gasteiger partial charge on any atom is -0.459 e. The number of allylic oxidation sites excluding steroid dienone is 4. The summed E-state index contributed by atoms with van der Waals surface area (Å²) in [6.07, 6.45) is 2.87. The summed E-state index contributed by atoms with van der Waals surface area (Å²) < 4.78 is 27.2. The van der Waals surface area contributed by atoms with Gasteiger partial charge in [0.25, 0.3) is 0 Å². The van der Waals surface area contributed by atoms with Crippen molar-refractivity contribution in [3.63, 3.8) is 0 Å². The van der Waals surface area contributed by atoms with Crippen LogP contribution in [0.15, 0.2) is 23.8 Å². The largest absolute Gasteiger partial charge is 0.459 e. The van der Waals surface area contributed by atoms with Gasteiger partial charge in [0.1, 0.15) is 6.10 Å². The summed E-state index contributed by atoms with van der Waals surface area (Å²) in [5.74, 6) is -4.97. The standard InChI is InChI=1S/C25H29FO8/c1-13(27)33-12-20(31)25(32)21(34-14(2)28)10-18-17-6-5-15-9-16(29)7-8-22(15,3)24(17,26)19(30)11-23(18,25)4/h7-9,17-18,21,32H,5-6,10-12H2,1-4H3/t17-,18-,21+,22-,23-,24?,25+/m0/s1. The van der Waals surface area contributed by atoms with Crippen molar-refractivity contribution < 1.29 is 42.9 Å². The number of alkyl halides is 1. The Morgan fingerprint density at radius 3 is 2.44 bits per heavy atom.